The Morgan fingerprint density at radius 3 is 2.23 bits per heavy atom. The van der Waals surface area contributed by atoms with Crippen molar-refractivity contribution in [2.75, 3.05) is 10.9 Å². The highest BCUT2D eigenvalue weighted by Gasteiger charge is 2.16. The molecule has 1 N–H and O–H groups in total. The Morgan fingerprint density at radius 1 is 1.05 bits per heavy atom. The fraction of sp³-hybridized carbons (Fsp3) is 0.0625. The van der Waals surface area contributed by atoms with Crippen LogP contribution < -0.4 is 10.3 Å². The van der Waals surface area contributed by atoms with Crippen LogP contribution in [0, 0.1) is 0 Å². The molecule has 0 unspecified atom stereocenters. The van der Waals surface area contributed by atoms with Crippen molar-refractivity contribution in [2.24, 2.45) is 5.10 Å². The largest absolute Gasteiger partial charge is 0.349 e. The molecular weight excluding hydrogens is 302 g/mol. The zero-order valence-electron chi connectivity index (χ0n) is 11.6. The molecule has 2 aromatic carbocycles. The van der Waals surface area contributed by atoms with Gasteiger partial charge in [-0.2, -0.15) is 10.1 Å². The number of rotatable bonds is 4. The summed E-state index contributed by atoms with van der Waals surface area (Å²) >= 11 is 5.40. The first-order chi connectivity index (χ1) is 10.7. The smallest absolute Gasteiger partial charge is 0.275 e. The number of hydrazone groups is 1. The summed E-state index contributed by atoms with van der Waals surface area (Å²) in [6.07, 6.45) is 1.54. The van der Waals surface area contributed by atoms with E-state index in [0.29, 0.717) is 5.69 Å². The van der Waals surface area contributed by atoms with Crippen LogP contribution in [0.15, 0.2) is 65.8 Å². The highest BCUT2D eigenvalue weighted by molar-refractivity contribution is 6.28. The van der Waals surface area contributed by atoms with Gasteiger partial charge in [0.15, 0.2) is 0 Å². The van der Waals surface area contributed by atoms with Crippen LogP contribution in [0.2, 0.25) is 0 Å². The van der Waals surface area contributed by atoms with Gasteiger partial charge < -0.3 is 0 Å². The molecule has 0 aromatic heterocycles. The van der Waals surface area contributed by atoms with Crippen LogP contribution in [0.4, 0.5) is 10.5 Å². The van der Waals surface area contributed by atoms with Crippen molar-refractivity contribution < 1.29 is 9.59 Å². The van der Waals surface area contributed by atoms with E-state index in [1.807, 2.05) is 36.4 Å². The summed E-state index contributed by atoms with van der Waals surface area (Å²) in [4.78, 5) is 23.4. The number of hydrogen-bond donors (Lipinski definition) is 1. The van der Waals surface area contributed by atoms with Crippen molar-refractivity contribution in [3.05, 3.63) is 66.2 Å². The fourth-order valence-electron chi connectivity index (χ4n) is 1.67. The van der Waals surface area contributed by atoms with Crippen molar-refractivity contribution in [1.82, 2.24) is 5.32 Å². The molecule has 2 aromatic rings. The molecule has 0 heterocycles. The van der Waals surface area contributed by atoms with Crippen molar-refractivity contribution in [3.8, 4) is 0 Å². The summed E-state index contributed by atoms with van der Waals surface area (Å²) in [6, 6.07) is 17.5. The van der Waals surface area contributed by atoms with E-state index < -0.39 is 11.9 Å². The van der Waals surface area contributed by atoms with Gasteiger partial charge in [0.2, 0.25) is 5.91 Å². The lowest BCUT2D eigenvalue weighted by molar-refractivity contribution is -0.117. The van der Waals surface area contributed by atoms with Crippen LogP contribution in [0.25, 0.3) is 0 Å². The highest BCUT2D eigenvalue weighted by Crippen LogP contribution is 2.14. The minimum absolute atomic E-state index is 0.295. The molecule has 0 aliphatic rings. The zero-order chi connectivity index (χ0) is 15.8. The van der Waals surface area contributed by atoms with Crippen molar-refractivity contribution in [3.63, 3.8) is 0 Å². The molecule has 2 rings (SSSR count). The number of nitrogens with one attached hydrogen (secondary N) is 1. The number of urea groups is 1. The second-order valence-corrected chi connectivity index (χ2v) is 4.56. The van der Waals surface area contributed by atoms with Gasteiger partial charge in [-0.15, -0.1) is 11.6 Å². The summed E-state index contributed by atoms with van der Waals surface area (Å²) in [5.41, 5.74) is 1.37. The van der Waals surface area contributed by atoms with E-state index in [-0.39, 0.29) is 5.88 Å². The summed E-state index contributed by atoms with van der Waals surface area (Å²) in [5, 5.41) is 7.43. The predicted octanol–water partition coefficient (Wildman–Crippen LogP) is 3.00. The molecule has 0 fully saturated rings. The van der Waals surface area contributed by atoms with Gasteiger partial charge in [-0.05, 0) is 17.7 Å². The third kappa shape index (κ3) is 4.43. The molecule has 3 amide bonds. The molecule has 0 bridgehead atoms. The van der Waals surface area contributed by atoms with Crippen LogP contribution in [-0.4, -0.2) is 24.0 Å². The first-order valence-electron chi connectivity index (χ1n) is 6.54. The molecule has 5 nitrogen and oxygen atoms in total. The normalized spacial score (nSPS) is 10.4. The summed E-state index contributed by atoms with van der Waals surface area (Å²) in [5.74, 6) is -0.876. The van der Waals surface area contributed by atoms with Crippen molar-refractivity contribution in [2.45, 2.75) is 0 Å². The molecule has 0 aliphatic carbocycles. The van der Waals surface area contributed by atoms with E-state index >= 15 is 0 Å². The second kappa shape index (κ2) is 7.95. The first-order valence-corrected chi connectivity index (χ1v) is 7.08. The number of carbonyl (C=O) groups excluding carboxylic acids is 2. The fourth-order valence-corrected chi connectivity index (χ4v) is 1.74. The second-order valence-electron chi connectivity index (χ2n) is 4.29. The molecule has 0 aliphatic heterocycles. The third-order valence-electron chi connectivity index (χ3n) is 2.68. The average Bonchev–Trinajstić information content (AvgIpc) is 2.57. The van der Waals surface area contributed by atoms with Gasteiger partial charge in [-0.25, -0.2) is 4.79 Å². The molecule has 0 radical (unpaired) electrons. The van der Waals surface area contributed by atoms with E-state index in [4.69, 9.17) is 11.6 Å². The molecular formula is C16H14ClN3O2. The lowest BCUT2D eigenvalue weighted by Gasteiger charge is -2.16. The third-order valence-corrected chi connectivity index (χ3v) is 2.93. The molecule has 112 valence electrons. The van der Waals surface area contributed by atoms with Crippen LogP contribution in [0.3, 0.4) is 0 Å². The van der Waals surface area contributed by atoms with E-state index in [1.165, 1.54) is 6.21 Å². The van der Waals surface area contributed by atoms with Gasteiger partial charge in [-0.3, -0.25) is 10.1 Å². The highest BCUT2D eigenvalue weighted by atomic mass is 35.5. The Kier molecular flexibility index (Phi) is 5.68. The topological polar surface area (TPSA) is 61.8 Å². The number of imide groups is 1. The average molecular weight is 316 g/mol. The quantitative estimate of drug-likeness (QED) is 0.535. The Morgan fingerprint density at radius 2 is 1.64 bits per heavy atom. The summed E-state index contributed by atoms with van der Waals surface area (Å²) in [6.45, 7) is 0. The number of halogens is 1. The van der Waals surface area contributed by atoms with E-state index in [9.17, 15) is 9.59 Å². The summed E-state index contributed by atoms with van der Waals surface area (Å²) < 4.78 is 0. The number of hydrogen-bond acceptors (Lipinski definition) is 3. The van der Waals surface area contributed by atoms with Gasteiger partial charge in [-0.1, -0.05) is 48.5 Å². The van der Waals surface area contributed by atoms with Crippen LogP contribution in [-0.2, 0) is 4.79 Å². The number of para-hydroxylation sites is 1. The lowest BCUT2D eigenvalue weighted by Crippen LogP contribution is -2.41. The zero-order valence-corrected chi connectivity index (χ0v) is 12.4. The number of nitrogens with zero attached hydrogens (tertiary/aromatic N) is 2. The molecule has 0 saturated heterocycles. The lowest BCUT2D eigenvalue weighted by atomic mass is 10.2. The minimum Gasteiger partial charge on any atom is -0.275 e. The maximum absolute atomic E-state index is 12.2. The number of benzene rings is 2. The van der Waals surface area contributed by atoms with Gasteiger partial charge >= 0.3 is 6.03 Å². The Balaban J connectivity index is 2.24. The maximum Gasteiger partial charge on any atom is 0.349 e. The number of anilines is 1. The SMILES string of the molecule is O=C(CCl)NC(=O)N(/N=C/c1ccccc1)c1ccccc1. The van der Waals surface area contributed by atoms with Crippen LogP contribution >= 0.6 is 11.6 Å². The van der Waals surface area contributed by atoms with Crippen molar-refractivity contribution >= 4 is 35.4 Å². The molecule has 0 atom stereocenters. The Hall–Kier alpha value is -2.66. The number of alkyl halides is 1. The van der Waals surface area contributed by atoms with E-state index in [1.54, 1.807) is 24.3 Å². The standard InChI is InChI=1S/C16H14ClN3O2/c17-11-15(21)19-16(22)20(14-9-5-2-6-10-14)18-12-13-7-3-1-4-8-13/h1-10,12H,11H2,(H,19,21,22)/b18-12+. The number of amides is 3. The van der Waals surface area contributed by atoms with Crippen molar-refractivity contribution in [1.29, 1.82) is 0 Å². The molecule has 0 saturated carbocycles. The Bertz CT molecular complexity index is 660. The van der Waals surface area contributed by atoms with Gasteiger partial charge in [0.25, 0.3) is 0 Å². The first kappa shape index (κ1) is 15.7. The number of carbonyl (C=O) groups is 2. The van der Waals surface area contributed by atoms with Crippen LogP contribution in [0.1, 0.15) is 5.56 Å². The van der Waals surface area contributed by atoms with Gasteiger partial charge in [0.05, 0.1) is 11.9 Å². The molecule has 0 spiro atoms. The maximum atomic E-state index is 12.2. The predicted molar refractivity (Wildman–Crippen MR) is 87.2 cm³/mol. The Labute approximate surface area is 133 Å². The van der Waals surface area contributed by atoms with Crippen LogP contribution in [0.5, 0.6) is 0 Å². The van der Waals surface area contributed by atoms with Gasteiger partial charge in [0, 0.05) is 0 Å². The molecule has 6 heteroatoms. The minimum atomic E-state index is -0.663. The van der Waals surface area contributed by atoms with E-state index in [0.717, 1.165) is 10.6 Å². The monoisotopic (exact) mass is 315 g/mol. The van der Waals surface area contributed by atoms with E-state index in [2.05, 4.69) is 10.4 Å². The van der Waals surface area contributed by atoms with Gasteiger partial charge in [0.1, 0.15) is 5.88 Å². The molecule has 22 heavy (non-hydrogen) atoms. The summed E-state index contributed by atoms with van der Waals surface area (Å²) in [7, 11) is 0.